The molecule has 0 fully saturated rings. The maximum Gasteiger partial charge on any atom is 0.247 e. The van der Waals surface area contributed by atoms with Crippen molar-refractivity contribution in [3.05, 3.63) is 175 Å². The van der Waals surface area contributed by atoms with Crippen LogP contribution in [0, 0.1) is 0 Å². The van der Waals surface area contributed by atoms with Gasteiger partial charge in [-0.3, -0.25) is 0 Å². The highest BCUT2D eigenvalue weighted by molar-refractivity contribution is 6.73. The molecule has 0 saturated heterocycles. The molecule has 0 bridgehead atoms. The van der Waals surface area contributed by atoms with Crippen LogP contribution in [0.3, 0.4) is 0 Å². The molecule has 5 nitrogen and oxygen atoms in total. The minimum atomic E-state index is -0.0688. The van der Waals surface area contributed by atoms with Crippen LogP contribution in [-0.2, 0) is 10.8 Å². The number of para-hydroxylation sites is 3. The molecule has 6 heteroatoms. The molecule has 11 aromatic rings. The lowest BCUT2D eigenvalue weighted by Crippen LogP contribution is -2.40. The summed E-state index contributed by atoms with van der Waals surface area (Å²) in [5, 5.41) is 9.06. The molecule has 1 aliphatic heterocycles. The third-order valence-corrected chi connectivity index (χ3v) is 13.0. The van der Waals surface area contributed by atoms with Crippen LogP contribution >= 0.6 is 0 Å². The minimum Gasteiger partial charge on any atom is -0.469 e. The number of fused-ring (bicyclic) bond motifs is 10. The van der Waals surface area contributed by atoms with Crippen LogP contribution in [0.1, 0.15) is 52.7 Å². The Labute approximate surface area is 373 Å². The van der Waals surface area contributed by atoms with Gasteiger partial charge in [0.05, 0.1) is 17.0 Å². The summed E-state index contributed by atoms with van der Waals surface area (Å²) in [5.41, 5.74) is 17.6. The largest absolute Gasteiger partial charge is 0.469 e. The molecule has 12 rings (SSSR count). The van der Waals surface area contributed by atoms with Gasteiger partial charge in [-0.05, 0) is 99.7 Å². The van der Waals surface area contributed by atoms with E-state index in [1.165, 1.54) is 11.1 Å². The Morgan fingerprint density at radius 1 is 0.484 bits per heavy atom. The summed E-state index contributed by atoms with van der Waals surface area (Å²) in [6.07, 6.45) is 0. The Morgan fingerprint density at radius 3 is 1.83 bits per heavy atom. The second kappa shape index (κ2) is 14.0. The van der Waals surface area contributed by atoms with E-state index in [0.717, 1.165) is 117 Å². The van der Waals surface area contributed by atoms with E-state index >= 15 is 0 Å². The van der Waals surface area contributed by atoms with Gasteiger partial charge in [0.15, 0.2) is 0 Å². The highest BCUT2D eigenvalue weighted by Crippen LogP contribution is 2.51. The molecule has 0 saturated carbocycles. The van der Waals surface area contributed by atoms with Gasteiger partial charge in [-0.2, -0.15) is 0 Å². The van der Waals surface area contributed by atoms with Crippen molar-refractivity contribution in [3.63, 3.8) is 0 Å². The van der Waals surface area contributed by atoms with Crippen LogP contribution in [0.25, 0.3) is 77.1 Å². The molecule has 1 N–H and O–H groups in total. The predicted molar refractivity (Wildman–Crippen MR) is 268 cm³/mol. The number of benzene rings is 8. The van der Waals surface area contributed by atoms with Gasteiger partial charge in [-0.1, -0.05) is 139 Å². The van der Waals surface area contributed by atoms with Crippen molar-refractivity contribution in [2.75, 3.05) is 10.2 Å². The van der Waals surface area contributed by atoms with Gasteiger partial charge in [-0.25, -0.2) is 0 Å². The lowest BCUT2D eigenvalue weighted by atomic mass is 9.61. The highest BCUT2D eigenvalue weighted by Gasteiger charge is 2.37. The van der Waals surface area contributed by atoms with E-state index in [1.807, 2.05) is 18.2 Å². The number of hydrogen-bond donors (Lipinski definition) is 1. The Morgan fingerprint density at radius 2 is 1.11 bits per heavy atom. The van der Waals surface area contributed by atoms with Crippen LogP contribution in [-0.4, -0.2) is 7.28 Å². The Bertz CT molecular complexity index is 3640. The van der Waals surface area contributed by atoms with E-state index < -0.39 is 0 Å². The standard InChI is InChI=1S/C58H46BN2O3/c1-57(2,3)35-24-27-37(28-25-35)60-43-29-31-49-50(39-19-11-14-22-47(39)62-49)51(43)52-53-45(33-42-38-18-10-13-21-46(38)63-55(42)52)61(54-40-20-12-15-23-48(40)64-56(54)59-53)44-30-26-36(58(4,5)6)32-41(44)34-16-8-7-9-17-34/h7-33,60H,1-6H3. The average Bonchev–Trinajstić information content (AvgIpc) is 3.99. The zero-order valence-corrected chi connectivity index (χ0v) is 36.8. The summed E-state index contributed by atoms with van der Waals surface area (Å²) in [5.74, 6) is 0. The summed E-state index contributed by atoms with van der Waals surface area (Å²) < 4.78 is 20.7. The summed E-state index contributed by atoms with van der Waals surface area (Å²) in [6, 6.07) is 58.2. The van der Waals surface area contributed by atoms with Crippen LogP contribution in [0.5, 0.6) is 0 Å². The molecule has 8 aromatic carbocycles. The zero-order chi connectivity index (χ0) is 43.5. The third kappa shape index (κ3) is 6.00. The second-order valence-electron chi connectivity index (χ2n) is 19.2. The highest BCUT2D eigenvalue weighted by atomic mass is 16.3. The molecule has 4 heterocycles. The van der Waals surface area contributed by atoms with Crippen LogP contribution in [0.15, 0.2) is 177 Å². The number of hydrogen-bond acceptors (Lipinski definition) is 5. The van der Waals surface area contributed by atoms with Crippen molar-refractivity contribution in [2.45, 2.75) is 52.4 Å². The average molecular weight is 830 g/mol. The molecule has 1 radical (unpaired) electrons. The molecule has 0 spiro atoms. The SMILES string of the molecule is CC(C)(C)c1ccc(Nc2ccc3oc4ccccc4c3c2-c2c3c(cc4c2oc2ccccc24)N(c2ccc(C(C)(C)C)cc2-c2ccccc2)c2c(oc4ccccc24)[B]3)cc1. The molecule has 309 valence electrons. The summed E-state index contributed by atoms with van der Waals surface area (Å²) in [7, 11) is 2.23. The molecule has 0 aliphatic carbocycles. The summed E-state index contributed by atoms with van der Waals surface area (Å²) >= 11 is 0. The number of nitrogens with zero attached hydrogens (tertiary/aromatic N) is 1. The lowest BCUT2D eigenvalue weighted by Gasteiger charge is -2.35. The molecular formula is C58H46BN2O3. The maximum absolute atomic E-state index is 7.11. The monoisotopic (exact) mass is 829 g/mol. The quantitative estimate of drug-likeness (QED) is 0.175. The van der Waals surface area contributed by atoms with Gasteiger partial charge in [-0.15, -0.1) is 0 Å². The van der Waals surface area contributed by atoms with Crippen LogP contribution < -0.4 is 21.3 Å². The fourth-order valence-electron chi connectivity index (χ4n) is 9.76. The van der Waals surface area contributed by atoms with E-state index in [-0.39, 0.29) is 10.8 Å². The first-order chi connectivity index (χ1) is 31.0. The number of rotatable bonds is 5. The number of furan rings is 3. The molecule has 3 aromatic heterocycles. The van der Waals surface area contributed by atoms with Crippen molar-refractivity contribution < 1.29 is 13.3 Å². The van der Waals surface area contributed by atoms with Gasteiger partial charge in [0, 0.05) is 60.7 Å². The fraction of sp³-hybridized carbons (Fsp3) is 0.138. The van der Waals surface area contributed by atoms with Gasteiger partial charge in [0.2, 0.25) is 7.28 Å². The van der Waals surface area contributed by atoms with Gasteiger partial charge in [0.25, 0.3) is 0 Å². The van der Waals surface area contributed by atoms with E-state index in [2.05, 4.69) is 205 Å². The summed E-state index contributed by atoms with van der Waals surface area (Å²) in [6.45, 7) is 13.6. The third-order valence-electron chi connectivity index (χ3n) is 13.0. The van der Waals surface area contributed by atoms with Crippen molar-refractivity contribution in [2.24, 2.45) is 0 Å². The minimum absolute atomic E-state index is 0.0268. The van der Waals surface area contributed by atoms with Crippen molar-refractivity contribution >= 4 is 102 Å². The topological polar surface area (TPSA) is 54.7 Å². The van der Waals surface area contributed by atoms with Crippen molar-refractivity contribution in [3.8, 4) is 22.3 Å². The van der Waals surface area contributed by atoms with Gasteiger partial charge >= 0.3 is 0 Å². The smallest absolute Gasteiger partial charge is 0.247 e. The molecule has 0 amide bonds. The van der Waals surface area contributed by atoms with E-state index in [9.17, 15) is 0 Å². The first-order valence-electron chi connectivity index (χ1n) is 22.2. The van der Waals surface area contributed by atoms with Gasteiger partial charge in [0.1, 0.15) is 27.9 Å². The molecule has 64 heavy (non-hydrogen) atoms. The molecule has 1 aliphatic rings. The van der Waals surface area contributed by atoms with Crippen molar-refractivity contribution in [1.29, 1.82) is 0 Å². The molecule has 0 atom stereocenters. The van der Waals surface area contributed by atoms with E-state index in [4.69, 9.17) is 13.3 Å². The summed E-state index contributed by atoms with van der Waals surface area (Å²) in [4.78, 5) is 2.45. The maximum atomic E-state index is 7.11. The Kier molecular flexibility index (Phi) is 8.39. The van der Waals surface area contributed by atoms with Gasteiger partial charge < -0.3 is 23.5 Å². The van der Waals surface area contributed by atoms with E-state index in [0.29, 0.717) is 0 Å². The normalized spacial score (nSPS) is 12.9. The van der Waals surface area contributed by atoms with Crippen LogP contribution in [0.2, 0.25) is 0 Å². The van der Waals surface area contributed by atoms with Crippen LogP contribution in [0.4, 0.5) is 28.4 Å². The number of nitrogens with one attached hydrogen (secondary N) is 1. The first kappa shape index (κ1) is 38.3. The Hall–Kier alpha value is -7.44. The fourth-order valence-corrected chi connectivity index (χ4v) is 9.76. The van der Waals surface area contributed by atoms with Crippen molar-refractivity contribution in [1.82, 2.24) is 0 Å². The Balaban J connectivity index is 1.23. The first-order valence-corrected chi connectivity index (χ1v) is 22.2. The number of anilines is 5. The predicted octanol–water partition coefficient (Wildman–Crippen LogP) is 15.3. The van der Waals surface area contributed by atoms with E-state index in [1.54, 1.807) is 0 Å². The molecular weight excluding hydrogens is 783 g/mol. The second-order valence-corrected chi connectivity index (χ2v) is 19.2. The zero-order valence-electron chi connectivity index (χ0n) is 36.8. The molecule has 0 unspecified atom stereocenters. The lowest BCUT2D eigenvalue weighted by molar-refractivity contribution is 0.590.